The molecule has 1 aliphatic heterocycles. The molecule has 4 atom stereocenters. The molecule has 3 heterocycles. The fraction of sp³-hybridized carbons (Fsp3) is 0.409. The summed E-state index contributed by atoms with van der Waals surface area (Å²) < 4.78 is 1.56. The highest BCUT2D eigenvalue weighted by atomic mass is 35.5. The van der Waals surface area contributed by atoms with Crippen LogP contribution < -0.4 is 10.2 Å². The predicted octanol–water partition coefficient (Wildman–Crippen LogP) is 0.0656. The number of imidazole rings is 1. The van der Waals surface area contributed by atoms with Gasteiger partial charge in [0, 0.05) is 6.54 Å². The first kappa shape index (κ1) is 23.4. The van der Waals surface area contributed by atoms with Gasteiger partial charge in [0.15, 0.2) is 17.0 Å². The van der Waals surface area contributed by atoms with Crippen LogP contribution >= 0.6 is 11.6 Å². The Hall–Kier alpha value is -3.32. The van der Waals surface area contributed by atoms with Gasteiger partial charge in [0.05, 0.1) is 25.0 Å². The first-order valence-electron chi connectivity index (χ1n) is 11.1. The van der Waals surface area contributed by atoms with Crippen LogP contribution in [-0.2, 0) is 11.2 Å². The van der Waals surface area contributed by atoms with E-state index in [0.29, 0.717) is 29.9 Å². The Labute approximate surface area is 204 Å². The number of aromatic nitrogens is 4. The van der Waals surface area contributed by atoms with Crippen LogP contribution in [0.15, 0.2) is 36.7 Å². The highest BCUT2D eigenvalue weighted by Crippen LogP contribution is 2.37. The second-order valence-electron chi connectivity index (χ2n) is 8.55. The summed E-state index contributed by atoms with van der Waals surface area (Å²) in [5, 5.41) is 33.8. The van der Waals surface area contributed by atoms with Gasteiger partial charge in [-0.05, 0) is 30.0 Å². The second-order valence-corrected chi connectivity index (χ2v) is 8.89. The van der Waals surface area contributed by atoms with Crippen molar-refractivity contribution in [3.05, 3.63) is 47.5 Å². The summed E-state index contributed by atoms with van der Waals surface area (Å²) in [6, 6.07) is 7.54. The van der Waals surface area contributed by atoms with E-state index in [9.17, 15) is 24.9 Å². The van der Waals surface area contributed by atoms with Crippen LogP contribution in [0.4, 0.5) is 10.6 Å². The van der Waals surface area contributed by atoms with Crippen molar-refractivity contribution in [1.82, 2.24) is 29.7 Å². The molecule has 12 nitrogen and oxygen atoms in total. The Bertz CT molecular complexity index is 1240. The van der Waals surface area contributed by atoms with Gasteiger partial charge in [0.25, 0.3) is 0 Å². The number of anilines is 1. The van der Waals surface area contributed by atoms with Gasteiger partial charge in [-0.3, -0.25) is 9.69 Å². The van der Waals surface area contributed by atoms with Crippen molar-refractivity contribution in [2.45, 2.75) is 37.1 Å². The molecule has 1 aromatic carbocycles. The third-order valence-electron chi connectivity index (χ3n) is 6.55. The van der Waals surface area contributed by atoms with Crippen LogP contribution in [0.5, 0.6) is 0 Å². The number of rotatable bonds is 7. The normalized spacial score (nSPS) is 24.4. The van der Waals surface area contributed by atoms with E-state index in [1.54, 1.807) is 9.47 Å². The quantitative estimate of drug-likeness (QED) is 0.200. The molecule has 4 N–H and O–H groups in total. The average Bonchev–Trinajstić information content (AvgIpc) is 3.50. The van der Waals surface area contributed by atoms with E-state index in [1.165, 1.54) is 6.33 Å². The standard InChI is InChI=1S/C22H24ClN7O5/c23-21-26-19(28(11-31)7-6-12-4-2-1-3-5-12)16-20(27-21)29(10-25-16)13-8-14(18(34)17(13)33)30-15(32)9-24-22(30)35/h1-5,10,13-14,17-18,31,33-34H,6-9,11H2,(H,24,35)/t13-,14+,17+,18-/m1/s1. The topological polar surface area (TPSA) is 157 Å². The van der Waals surface area contributed by atoms with Crippen LogP contribution in [0.1, 0.15) is 18.0 Å². The number of nitrogens with zero attached hydrogens (tertiary/aromatic N) is 6. The Morgan fingerprint density at radius 2 is 1.86 bits per heavy atom. The first-order valence-corrected chi connectivity index (χ1v) is 11.5. The first-order chi connectivity index (χ1) is 16.9. The summed E-state index contributed by atoms with van der Waals surface area (Å²) in [4.78, 5) is 39.8. The number of aliphatic hydroxyl groups excluding tert-OH is 3. The molecule has 35 heavy (non-hydrogen) atoms. The van der Waals surface area contributed by atoms with Crippen molar-refractivity contribution in [2.75, 3.05) is 24.7 Å². The van der Waals surface area contributed by atoms with Crippen LogP contribution in [-0.4, -0.2) is 89.7 Å². The summed E-state index contributed by atoms with van der Waals surface area (Å²) in [5.41, 5.74) is 1.74. The summed E-state index contributed by atoms with van der Waals surface area (Å²) in [5.74, 6) is -0.136. The lowest BCUT2D eigenvalue weighted by Gasteiger charge is -2.23. The van der Waals surface area contributed by atoms with Gasteiger partial charge in [0.1, 0.15) is 18.9 Å². The van der Waals surface area contributed by atoms with E-state index in [4.69, 9.17) is 11.6 Å². The molecule has 1 saturated heterocycles. The number of aliphatic hydroxyl groups is 3. The molecule has 1 saturated carbocycles. The third-order valence-corrected chi connectivity index (χ3v) is 6.72. The van der Waals surface area contributed by atoms with E-state index in [1.807, 2.05) is 30.3 Å². The highest BCUT2D eigenvalue weighted by molar-refractivity contribution is 6.28. The lowest BCUT2D eigenvalue weighted by molar-refractivity contribution is -0.128. The van der Waals surface area contributed by atoms with Crippen molar-refractivity contribution in [3.63, 3.8) is 0 Å². The molecule has 0 bridgehead atoms. The zero-order valence-corrected chi connectivity index (χ0v) is 19.3. The monoisotopic (exact) mass is 501 g/mol. The Morgan fingerprint density at radius 1 is 1.11 bits per heavy atom. The minimum absolute atomic E-state index is 0.0777. The van der Waals surface area contributed by atoms with Gasteiger partial charge >= 0.3 is 6.03 Å². The Morgan fingerprint density at radius 3 is 2.54 bits per heavy atom. The van der Waals surface area contributed by atoms with Gasteiger partial charge in [0.2, 0.25) is 11.2 Å². The lowest BCUT2D eigenvalue weighted by Crippen LogP contribution is -2.46. The number of amides is 3. The van der Waals surface area contributed by atoms with E-state index < -0.39 is 36.2 Å². The van der Waals surface area contributed by atoms with E-state index in [2.05, 4.69) is 20.3 Å². The molecule has 2 fully saturated rings. The van der Waals surface area contributed by atoms with Crippen LogP contribution in [0.2, 0.25) is 5.28 Å². The molecule has 13 heteroatoms. The number of hydrogen-bond acceptors (Lipinski definition) is 9. The maximum atomic E-state index is 12.2. The van der Waals surface area contributed by atoms with Crippen LogP contribution in [0, 0.1) is 0 Å². The molecule has 0 radical (unpaired) electrons. The number of urea groups is 1. The maximum absolute atomic E-state index is 12.2. The number of hydrogen-bond donors (Lipinski definition) is 4. The number of halogens is 1. The SMILES string of the molecule is O=C1CNC(=O)N1[C@H]1C[C@@H](n2cnc3c(N(CO)CCc4ccccc4)nc(Cl)nc32)[C@H](O)[C@@H]1O. The smallest absolute Gasteiger partial charge is 0.324 e. The average molecular weight is 502 g/mol. The number of benzene rings is 1. The molecule has 0 spiro atoms. The zero-order chi connectivity index (χ0) is 24.7. The van der Waals surface area contributed by atoms with Gasteiger partial charge in [-0.2, -0.15) is 9.97 Å². The summed E-state index contributed by atoms with van der Waals surface area (Å²) in [6.07, 6.45) is -0.445. The second kappa shape index (κ2) is 9.38. The van der Waals surface area contributed by atoms with Gasteiger partial charge in [-0.15, -0.1) is 0 Å². The minimum atomic E-state index is -1.35. The molecule has 2 aliphatic rings. The van der Waals surface area contributed by atoms with E-state index in [0.717, 1.165) is 10.5 Å². The molecule has 184 valence electrons. The summed E-state index contributed by atoms with van der Waals surface area (Å²) in [6.45, 7) is -0.0427. The van der Waals surface area contributed by atoms with Crippen molar-refractivity contribution in [1.29, 1.82) is 0 Å². The number of nitrogens with one attached hydrogen (secondary N) is 1. The fourth-order valence-corrected chi connectivity index (χ4v) is 4.94. The van der Waals surface area contributed by atoms with Crippen LogP contribution in [0.3, 0.4) is 0 Å². The number of carbonyl (C=O) groups excluding carboxylic acids is 2. The van der Waals surface area contributed by atoms with E-state index >= 15 is 0 Å². The van der Waals surface area contributed by atoms with Crippen molar-refractivity contribution in [2.24, 2.45) is 0 Å². The largest absolute Gasteiger partial charge is 0.388 e. The maximum Gasteiger partial charge on any atom is 0.324 e. The molecule has 1 aliphatic carbocycles. The zero-order valence-electron chi connectivity index (χ0n) is 18.5. The third kappa shape index (κ3) is 4.18. The lowest BCUT2D eigenvalue weighted by atomic mass is 10.1. The predicted molar refractivity (Wildman–Crippen MR) is 125 cm³/mol. The molecule has 2 aromatic heterocycles. The molecule has 3 amide bonds. The van der Waals surface area contributed by atoms with Crippen molar-refractivity contribution >= 4 is 40.5 Å². The van der Waals surface area contributed by atoms with Crippen molar-refractivity contribution in [3.8, 4) is 0 Å². The van der Waals surface area contributed by atoms with Crippen molar-refractivity contribution < 1.29 is 24.9 Å². The van der Waals surface area contributed by atoms with Gasteiger partial charge in [-0.1, -0.05) is 30.3 Å². The molecular weight excluding hydrogens is 478 g/mol. The molecule has 3 aromatic rings. The fourth-order valence-electron chi connectivity index (χ4n) is 4.78. The van der Waals surface area contributed by atoms with Gasteiger partial charge in [-0.25, -0.2) is 9.78 Å². The Kier molecular flexibility index (Phi) is 6.28. The summed E-state index contributed by atoms with van der Waals surface area (Å²) >= 11 is 6.22. The van der Waals surface area contributed by atoms with Gasteiger partial charge < -0.3 is 30.1 Å². The number of fused-ring (bicyclic) bond motifs is 1. The minimum Gasteiger partial charge on any atom is -0.388 e. The number of imide groups is 1. The molecule has 5 rings (SSSR count). The Balaban J connectivity index is 1.45. The number of carbonyl (C=O) groups is 2. The summed E-state index contributed by atoms with van der Waals surface area (Å²) in [7, 11) is 0. The molecule has 0 unspecified atom stereocenters. The highest BCUT2D eigenvalue weighted by Gasteiger charge is 2.50. The van der Waals surface area contributed by atoms with E-state index in [-0.39, 0.29) is 25.0 Å². The molecular formula is C22H24ClN7O5. The van der Waals surface area contributed by atoms with Crippen LogP contribution in [0.25, 0.3) is 11.2 Å².